The van der Waals surface area contributed by atoms with Crippen LogP contribution in [0.1, 0.15) is 11.7 Å². The molecule has 0 radical (unpaired) electrons. The number of carbonyl (C=O) groups is 1. The number of hydrazine groups is 1. The summed E-state index contributed by atoms with van der Waals surface area (Å²) in [6.45, 7) is 0. The molecule has 1 aromatic carbocycles. The number of hydrogen-bond acceptors (Lipinski definition) is 3. The molecule has 1 aromatic rings. The Labute approximate surface area is 97.2 Å². The Bertz CT molecular complexity index is 371. The van der Waals surface area contributed by atoms with Crippen molar-refractivity contribution in [1.82, 2.24) is 10.9 Å². The van der Waals surface area contributed by atoms with Crippen LogP contribution >= 0.6 is 23.2 Å². The van der Waals surface area contributed by atoms with Crippen molar-refractivity contribution in [2.24, 2.45) is 0 Å². The van der Waals surface area contributed by atoms with Gasteiger partial charge in [-0.1, -0.05) is 29.3 Å². The highest BCUT2D eigenvalue weighted by Gasteiger charge is 2.17. The minimum atomic E-state index is -1.27. The first-order valence-electron chi connectivity index (χ1n) is 4.16. The predicted octanol–water partition coefficient (Wildman–Crippen LogP) is 1.28. The zero-order valence-corrected chi connectivity index (χ0v) is 9.43. The van der Waals surface area contributed by atoms with Crippen LogP contribution in [0.15, 0.2) is 18.2 Å². The fourth-order valence-corrected chi connectivity index (χ4v) is 1.33. The first-order chi connectivity index (χ1) is 7.06. The van der Waals surface area contributed by atoms with Gasteiger partial charge in [0.15, 0.2) is 6.10 Å². The van der Waals surface area contributed by atoms with Gasteiger partial charge in [0.2, 0.25) is 0 Å². The van der Waals surface area contributed by atoms with E-state index in [-0.39, 0.29) is 0 Å². The van der Waals surface area contributed by atoms with Crippen LogP contribution in [0, 0.1) is 0 Å². The maximum Gasteiger partial charge on any atom is 0.267 e. The third-order valence-electron chi connectivity index (χ3n) is 1.76. The summed E-state index contributed by atoms with van der Waals surface area (Å²) in [7, 11) is 1.53. The lowest BCUT2D eigenvalue weighted by Crippen LogP contribution is -2.37. The van der Waals surface area contributed by atoms with E-state index in [4.69, 9.17) is 23.2 Å². The Balaban J connectivity index is 2.86. The average Bonchev–Trinajstić information content (AvgIpc) is 2.21. The minimum absolute atomic E-state index is 0.297. The van der Waals surface area contributed by atoms with E-state index < -0.39 is 12.0 Å². The number of carbonyl (C=O) groups excluding carboxylic acids is 1. The summed E-state index contributed by atoms with van der Waals surface area (Å²) >= 11 is 11.4. The summed E-state index contributed by atoms with van der Waals surface area (Å²) in [4.78, 5) is 11.2. The van der Waals surface area contributed by atoms with Gasteiger partial charge in [-0.25, -0.2) is 5.43 Å². The van der Waals surface area contributed by atoms with Crippen LogP contribution in [-0.4, -0.2) is 18.1 Å². The molecule has 0 bridgehead atoms. The van der Waals surface area contributed by atoms with E-state index in [1.54, 1.807) is 0 Å². The molecular formula is C9H10Cl2N2O2. The minimum Gasteiger partial charge on any atom is -0.378 e. The zero-order chi connectivity index (χ0) is 11.4. The van der Waals surface area contributed by atoms with E-state index in [1.807, 2.05) is 0 Å². The molecule has 82 valence electrons. The van der Waals surface area contributed by atoms with Gasteiger partial charge in [-0.05, 0) is 17.7 Å². The smallest absolute Gasteiger partial charge is 0.267 e. The molecule has 1 atom stereocenters. The number of hydrogen-bond donors (Lipinski definition) is 3. The third kappa shape index (κ3) is 3.07. The molecule has 0 fully saturated rings. The first-order valence-corrected chi connectivity index (χ1v) is 4.91. The highest BCUT2D eigenvalue weighted by molar-refractivity contribution is 6.42. The predicted molar refractivity (Wildman–Crippen MR) is 58.6 cm³/mol. The van der Waals surface area contributed by atoms with Crippen LogP contribution in [0.4, 0.5) is 0 Å². The zero-order valence-electron chi connectivity index (χ0n) is 7.92. The molecule has 1 rings (SSSR count). The largest absolute Gasteiger partial charge is 0.378 e. The third-order valence-corrected chi connectivity index (χ3v) is 2.49. The van der Waals surface area contributed by atoms with Crippen molar-refractivity contribution < 1.29 is 9.90 Å². The van der Waals surface area contributed by atoms with Gasteiger partial charge in [-0.2, -0.15) is 0 Å². The number of aliphatic hydroxyl groups excluding tert-OH is 1. The maximum absolute atomic E-state index is 11.2. The highest BCUT2D eigenvalue weighted by atomic mass is 35.5. The molecule has 1 amide bonds. The van der Waals surface area contributed by atoms with Gasteiger partial charge >= 0.3 is 0 Å². The lowest BCUT2D eigenvalue weighted by Gasteiger charge is -2.11. The first kappa shape index (κ1) is 12.3. The average molecular weight is 249 g/mol. The second-order valence-corrected chi connectivity index (χ2v) is 3.63. The van der Waals surface area contributed by atoms with E-state index in [1.165, 1.54) is 25.2 Å². The fourth-order valence-electron chi connectivity index (χ4n) is 1.03. The van der Waals surface area contributed by atoms with Crippen LogP contribution in [-0.2, 0) is 4.79 Å². The van der Waals surface area contributed by atoms with Gasteiger partial charge in [0, 0.05) is 7.05 Å². The van der Waals surface area contributed by atoms with Crippen molar-refractivity contribution in [2.75, 3.05) is 7.05 Å². The molecule has 0 aromatic heterocycles. The number of halogens is 2. The lowest BCUT2D eigenvalue weighted by molar-refractivity contribution is -0.130. The second kappa shape index (κ2) is 5.32. The fraction of sp³-hybridized carbons (Fsp3) is 0.222. The van der Waals surface area contributed by atoms with Gasteiger partial charge in [-0.3, -0.25) is 10.2 Å². The Hall–Kier alpha value is -0.810. The van der Waals surface area contributed by atoms with Gasteiger partial charge in [-0.15, -0.1) is 0 Å². The van der Waals surface area contributed by atoms with E-state index in [0.717, 1.165) is 0 Å². The molecule has 0 aliphatic rings. The van der Waals surface area contributed by atoms with Crippen LogP contribution in [0.5, 0.6) is 0 Å². The Morgan fingerprint density at radius 2 is 2.07 bits per heavy atom. The SMILES string of the molecule is CNNC(=O)C(O)c1ccc(Cl)c(Cl)c1. The van der Waals surface area contributed by atoms with Crippen molar-refractivity contribution in [1.29, 1.82) is 0 Å². The van der Waals surface area contributed by atoms with E-state index in [9.17, 15) is 9.90 Å². The number of benzene rings is 1. The molecule has 0 saturated heterocycles. The monoisotopic (exact) mass is 248 g/mol. The Morgan fingerprint density at radius 1 is 1.40 bits per heavy atom. The number of aliphatic hydroxyl groups is 1. The van der Waals surface area contributed by atoms with Crippen LogP contribution in [0.25, 0.3) is 0 Å². The maximum atomic E-state index is 11.2. The highest BCUT2D eigenvalue weighted by Crippen LogP contribution is 2.25. The molecule has 0 aliphatic carbocycles. The number of nitrogens with one attached hydrogen (secondary N) is 2. The molecule has 0 spiro atoms. The van der Waals surface area contributed by atoms with E-state index >= 15 is 0 Å². The second-order valence-electron chi connectivity index (χ2n) is 2.82. The van der Waals surface area contributed by atoms with E-state index in [2.05, 4.69) is 10.9 Å². The molecule has 3 N–H and O–H groups in total. The van der Waals surface area contributed by atoms with E-state index in [0.29, 0.717) is 15.6 Å². The number of rotatable bonds is 3. The summed E-state index contributed by atoms with van der Waals surface area (Å²) in [5.41, 5.74) is 5.07. The Kier molecular flexibility index (Phi) is 4.35. The van der Waals surface area contributed by atoms with Crippen molar-refractivity contribution in [2.45, 2.75) is 6.10 Å². The Morgan fingerprint density at radius 3 is 2.60 bits per heavy atom. The molecule has 4 nitrogen and oxygen atoms in total. The molecule has 6 heteroatoms. The molecule has 15 heavy (non-hydrogen) atoms. The van der Waals surface area contributed by atoms with Crippen molar-refractivity contribution >= 4 is 29.1 Å². The number of amides is 1. The van der Waals surface area contributed by atoms with Gasteiger partial charge in [0.1, 0.15) is 0 Å². The lowest BCUT2D eigenvalue weighted by atomic mass is 10.1. The summed E-state index contributed by atoms with van der Waals surface area (Å²) in [5, 5.41) is 10.3. The standard InChI is InChI=1S/C9H10Cl2N2O2/c1-12-13-9(15)8(14)5-2-3-6(10)7(11)4-5/h2-4,8,12,14H,1H3,(H,13,15). The van der Waals surface area contributed by atoms with Crippen molar-refractivity contribution in [3.05, 3.63) is 33.8 Å². The molecule has 0 aliphatic heterocycles. The molecule has 0 saturated carbocycles. The summed E-state index contributed by atoms with van der Waals surface area (Å²) in [6.07, 6.45) is -1.27. The van der Waals surface area contributed by atoms with Gasteiger partial charge in [0.25, 0.3) is 5.91 Å². The quantitative estimate of drug-likeness (QED) is 0.707. The normalized spacial score (nSPS) is 12.3. The van der Waals surface area contributed by atoms with Crippen LogP contribution in [0.2, 0.25) is 10.0 Å². The molecule has 0 heterocycles. The van der Waals surface area contributed by atoms with Gasteiger partial charge < -0.3 is 5.11 Å². The summed E-state index contributed by atoms with van der Waals surface area (Å²) in [5.74, 6) is -0.559. The van der Waals surface area contributed by atoms with Crippen molar-refractivity contribution in [3.63, 3.8) is 0 Å². The van der Waals surface area contributed by atoms with Crippen molar-refractivity contribution in [3.8, 4) is 0 Å². The van der Waals surface area contributed by atoms with Crippen LogP contribution in [0.3, 0.4) is 0 Å². The van der Waals surface area contributed by atoms with Crippen LogP contribution < -0.4 is 10.9 Å². The summed E-state index contributed by atoms with van der Waals surface area (Å²) in [6, 6.07) is 4.51. The molecule has 1 unspecified atom stereocenters. The van der Waals surface area contributed by atoms with Gasteiger partial charge in [0.05, 0.1) is 10.0 Å². The molecular weight excluding hydrogens is 239 g/mol. The topological polar surface area (TPSA) is 61.4 Å². The summed E-state index contributed by atoms with van der Waals surface area (Å²) < 4.78 is 0.